The van der Waals surface area contributed by atoms with E-state index in [1.807, 2.05) is 61.5 Å². The van der Waals surface area contributed by atoms with Crippen LogP contribution in [-0.4, -0.2) is 13.2 Å². The second-order valence-electron chi connectivity index (χ2n) is 7.29. The van der Waals surface area contributed by atoms with E-state index in [1.165, 1.54) is 5.56 Å². The Morgan fingerprint density at radius 3 is 1.71 bits per heavy atom. The summed E-state index contributed by atoms with van der Waals surface area (Å²) in [6.45, 7) is -4.26. The fraction of sp³-hybridized carbons (Fsp3) is 0.130. The number of halogens is 8. The van der Waals surface area contributed by atoms with Crippen molar-refractivity contribution in [3.05, 3.63) is 100 Å². The Balaban J connectivity index is 0.000000248. The van der Waals surface area contributed by atoms with Crippen LogP contribution in [0, 0.1) is 47.2 Å². The third kappa shape index (κ3) is 7.19. The molecule has 3 aromatic carbocycles. The van der Waals surface area contributed by atoms with Gasteiger partial charge in [-0.05, 0) is 30.4 Å². The van der Waals surface area contributed by atoms with Crippen LogP contribution in [0.25, 0.3) is 0 Å². The molecule has 180 valence electrons. The zero-order chi connectivity index (χ0) is 25.7. The van der Waals surface area contributed by atoms with E-state index in [4.69, 9.17) is 0 Å². The average molecular weight is 504 g/mol. The fourth-order valence-electron chi connectivity index (χ4n) is 2.64. The molecular weight excluding hydrogens is 487 g/mol. The molecule has 0 N–H and O–H groups in total. The van der Waals surface area contributed by atoms with Gasteiger partial charge in [-0.1, -0.05) is 52.2 Å². The van der Waals surface area contributed by atoms with Gasteiger partial charge >= 0.3 is 6.98 Å². The predicted octanol–water partition coefficient (Wildman–Crippen LogP) is 6.07. The highest BCUT2D eigenvalue weighted by Gasteiger charge is 2.37. The second kappa shape index (κ2) is 10.9. The summed E-state index contributed by atoms with van der Waals surface area (Å²) < 4.78 is 110. The molecule has 0 aromatic heterocycles. The molecule has 11 heteroatoms. The Morgan fingerprint density at radius 2 is 1.24 bits per heavy atom. The number of benzene rings is 3. The average Bonchev–Trinajstić information content (AvgIpc) is 2.77. The van der Waals surface area contributed by atoms with Gasteiger partial charge in [0, 0.05) is 11.1 Å². The lowest BCUT2D eigenvalue weighted by Crippen LogP contribution is -2.41. The van der Waals surface area contributed by atoms with Gasteiger partial charge < -0.3 is 12.9 Å². The van der Waals surface area contributed by atoms with Crippen molar-refractivity contribution in [2.24, 2.45) is 0 Å². The lowest BCUT2D eigenvalue weighted by Gasteiger charge is -2.17. The van der Waals surface area contributed by atoms with E-state index >= 15 is 0 Å². The van der Waals surface area contributed by atoms with Crippen LogP contribution in [0.15, 0.2) is 54.6 Å². The molecule has 0 aliphatic carbocycles. The van der Waals surface area contributed by atoms with E-state index < -0.39 is 51.5 Å². The molecule has 0 fully saturated rings. The van der Waals surface area contributed by atoms with Crippen LogP contribution in [0.4, 0.5) is 34.9 Å². The minimum absolute atomic E-state index is 0.507. The molecule has 34 heavy (non-hydrogen) atoms. The summed E-state index contributed by atoms with van der Waals surface area (Å²) in [5, 5.41) is 2.92. The van der Waals surface area contributed by atoms with Gasteiger partial charge in [0.1, 0.15) is 23.6 Å². The van der Waals surface area contributed by atoms with Crippen molar-refractivity contribution in [2.75, 3.05) is 6.26 Å². The lowest BCUT2D eigenvalue weighted by atomic mass is 9.79. The molecule has 0 spiro atoms. The first-order valence-electron chi connectivity index (χ1n) is 9.54. The zero-order valence-corrected chi connectivity index (χ0v) is 18.6. The molecule has 3 aromatic rings. The van der Waals surface area contributed by atoms with E-state index in [1.54, 1.807) is 6.26 Å². The molecule has 3 rings (SSSR count). The summed E-state index contributed by atoms with van der Waals surface area (Å²) in [6, 6.07) is 17.8. The van der Waals surface area contributed by atoms with Crippen molar-refractivity contribution in [1.29, 1.82) is 0 Å². The predicted molar refractivity (Wildman–Crippen MR) is 117 cm³/mol. The quantitative estimate of drug-likeness (QED) is 0.106. The van der Waals surface area contributed by atoms with Crippen LogP contribution >= 0.6 is 0 Å². The molecule has 0 heterocycles. The molecule has 0 aliphatic heterocycles. The van der Waals surface area contributed by atoms with Crippen molar-refractivity contribution >= 4 is 22.4 Å². The van der Waals surface area contributed by atoms with Crippen molar-refractivity contribution in [3.63, 3.8) is 0 Å². The highest BCUT2D eigenvalue weighted by molar-refractivity contribution is 8.05. The lowest BCUT2D eigenvalue weighted by molar-refractivity contribution is 0.377. The van der Waals surface area contributed by atoms with E-state index in [2.05, 4.69) is 11.2 Å². The van der Waals surface area contributed by atoms with Crippen molar-refractivity contribution in [1.82, 2.24) is 0 Å². The van der Waals surface area contributed by atoms with E-state index in [9.17, 15) is 39.1 Å². The fourth-order valence-corrected chi connectivity index (χ4v) is 3.87. The first kappa shape index (κ1) is 27.1. The third-order valence-corrected chi connectivity index (χ3v) is 5.74. The normalized spacial score (nSPS) is 12.6. The molecule has 0 amide bonds. The monoisotopic (exact) mass is 504 g/mol. The van der Waals surface area contributed by atoms with E-state index in [0.717, 1.165) is 11.1 Å². The van der Waals surface area contributed by atoms with Gasteiger partial charge in [-0.3, -0.25) is 0 Å². The molecule has 1 nitrogen and oxygen atoms in total. The van der Waals surface area contributed by atoms with E-state index in [0.29, 0.717) is 5.75 Å². The summed E-state index contributed by atoms with van der Waals surface area (Å²) in [4.78, 5) is 0. The maximum Gasteiger partial charge on any atom is 0.515 e. The second-order valence-corrected chi connectivity index (χ2v) is 9.79. The summed E-state index contributed by atoms with van der Waals surface area (Å²) in [7, 11) is -2.16. The molecule has 0 bridgehead atoms. The SMILES string of the molecule is Cc1ccc(C[S+](C)(=O)C#Cc2ccccc2)cc1.Fc1c(F)c(F)c([B-](F)(F)F)c(F)c1F. The topological polar surface area (TPSA) is 17.1 Å². The van der Waals surface area contributed by atoms with Gasteiger partial charge in [-0.2, -0.15) is 0 Å². The summed E-state index contributed by atoms with van der Waals surface area (Å²) >= 11 is 0. The molecular formula is C23H17BF8OS. The van der Waals surface area contributed by atoms with Crippen LogP contribution in [0.3, 0.4) is 0 Å². The number of aryl methyl sites for hydroxylation is 1. The van der Waals surface area contributed by atoms with Gasteiger partial charge in [0.15, 0.2) is 32.6 Å². The van der Waals surface area contributed by atoms with Crippen LogP contribution in [0.1, 0.15) is 16.7 Å². The summed E-state index contributed by atoms with van der Waals surface area (Å²) in [5.74, 6) is -10.1. The van der Waals surface area contributed by atoms with Crippen molar-refractivity contribution < 1.29 is 39.1 Å². The minimum Gasteiger partial charge on any atom is -0.445 e. The Kier molecular flexibility index (Phi) is 8.67. The molecule has 0 radical (unpaired) electrons. The van der Waals surface area contributed by atoms with Gasteiger partial charge in [0.05, 0.1) is 0 Å². The molecule has 0 saturated heterocycles. The largest absolute Gasteiger partial charge is 0.515 e. The molecule has 1 unspecified atom stereocenters. The minimum atomic E-state index is -6.30. The van der Waals surface area contributed by atoms with Crippen molar-refractivity contribution in [2.45, 2.75) is 12.7 Å². The highest BCUT2D eigenvalue weighted by Crippen LogP contribution is 2.21. The number of hydrogen-bond acceptors (Lipinski definition) is 1. The standard InChI is InChI=1S/C17H17OS.C6BF8/c1-15-8-10-17(11-9-15)14-19(2,18)13-12-16-6-4-3-5-7-16;8-2-1(7(13,14)15)3(9)5(11)6(12)4(2)10/h3-11H,14H2,1-2H3;/q+1;-1. The number of hydrogen-bond donors (Lipinski definition) is 0. The first-order chi connectivity index (χ1) is 15.7. The number of rotatable bonds is 3. The maximum atomic E-state index is 12.5. The Hall–Kier alpha value is -3.13. The Labute approximate surface area is 192 Å². The van der Waals surface area contributed by atoms with Gasteiger partial charge in [-0.25, -0.2) is 22.0 Å². The van der Waals surface area contributed by atoms with Crippen LogP contribution in [0.5, 0.6) is 0 Å². The Bertz CT molecular complexity index is 1230. The summed E-state index contributed by atoms with van der Waals surface area (Å²) in [5.41, 5.74) is 0.453. The highest BCUT2D eigenvalue weighted by atomic mass is 32.2. The van der Waals surface area contributed by atoms with Crippen LogP contribution < -0.4 is 5.46 Å². The first-order valence-corrected chi connectivity index (χ1v) is 11.7. The van der Waals surface area contributed by atoms with Gasteiger partial charge in [-0.15, -0.1) is 0 Å². The smallest absolute Gasteiger partial charge is 0.445 e. The molecule has 0 aliphatic rings. The zero-order valence-electron chi connectivity index (χ0n) is 17.8. The molecule has 1 atom stereocenters. The van der Waals surface area contributed by atoms with Crippen LogP contribution in [-0.2, 0) is 19.9 Å². The van der Waals surface area contributed by atoms with Crippen molar-refractivity contribution in [3.8, 4) is 11.2 Å². The van der Waals surface area contributed by atoms with E-state index in [-0.39, 0.29) is 0 Å². The van der Waals surface area contributed by atoms with Crippen LogP contribution in [0.2, 0.25) is 0 Å². The Morgan fingerprint density at radius 1 is 0.765 bits per heavy atom. The third-order valence-electron chi connectivity index (χ3n) is 4.32. The van der Waals surface area contributed by atoms with Gasteiger partial charge in [0.2, 0.25) is 0 Å². The maximum absolute atomic E-state index is 12.5. The van der Waals surface area contributed by atoms with Gasteiger partial charge in [0.25, 0.3) is 0 Å². The molecule has 0 saturated carbocycles. The summed E-state index contributed by atoms with van der Waals surface area (Å²) in [6.07, 6.45) is 1.72.